The third-order valence-corrected chi connectivity index (χ3v) is 3.66. The maximum absolute atomic E-state index is 10.8. The van der Waals surface area contributed by atoms with Gasteiger partial charge in [0.15, 0.2) is 5.69 Å². The number of pyridine rings is 2. The number of methoxy groups -OCH3 is 1. The average Bonchev–Trinajstić information content (AvgIpc) is 2.55. The summed E-state index contributed by atoms with van der Waals surface area (Å²) in [4.78, 5) is 17.9. The van der Waals surface area contributed by atoms with Crippen LogP contribution in [0.25, 0.3) is 10.9 Å². The highest BCUT2D eigenvalue weighted by atomic mass is 16.5. The molecule has 2 aromatic heterocycles. The second-order valence-corrected chi connectivity index (χ2v) is 5.32. The molecule has 2 heterocycles. The number of hydrogen-bond donors (Lipinski definition) is 0. The zero-order valence-corrected chi connectivity index (χ0v) is 12.7. The molecule has 0 spiro atoms. The average molecular weight is 308 g/mol. The first-order chi connectivity index (χ1) is 11.2. The number of aromatic nitrogens is 2. The quantitative estimate of drug-likeness (QED) is 0.703. The van der Waals surface area contributed by atoms with E-state index in [-0.39, 0.29) is 6.42 Å². The van der Waals surface area contributed by atoms with Gasteiger partial charge in [0.2, 0.25) is 5.52 Å². The van der Waals surface area contributed by atoms with Crippen molar-refractivity contribution in [2.45, 2.75) is 12.8 Å². The largest absolute Gasteiger partial charge is 0.550 e. The Balaban J connectivity index is 2.00. The third-order valence-electron chi connectivity index (χ3n) is 3.66. The van der Waals surface area contributed by atoms with Gasteiger partial charge in [-0.1, -0.05) is 6.07 Å². The van der Waals surface area contributed by atoms with Gasteiger partial charge in [0.25, 0.3) is 0 Å². The Morgan fingerprint density at radius 3 is 2.65 bits per heavy atom. The molecule has 0 saturated heterocycles. The van der Waals surface area contributed by atoms with Crippen LogP contribution in [0.1, 0.15) is 16.8 Å². The summed E-state index contributed by atoms with van der Waals surface area (Å²) in [5.74, 6) is -0.483. The number of nitrogens with one attached hydrogen (secondary N) is 1. The number of hydrogen-bond acceptors (Lipinski definition) is 4. The number of carbonyl (C=O) groups excluding carboxylic acids is 1. The molecule has 0 radical (unpaired) electrons. The van der Waals surface area contributed by atoms with Crippen molar-refractivity contribution in [3.63, 3.8) is 0 Å². The number of carboxylic acid groups (broad SMARTS) is 1. The molecule has 0 aliphatic rings. The van der Waals surface area contributed by atoms with E-state index in [0.717, 1.165) is 22.9 Å². The van der Waals surface area contributed by atoms with E-state index in [0.29, 0.717) is 11.4 Å². The maximum Gasteiger partial charge on any atom is 0.214 e. The number of rotatable bonds is 5. The fourth-order valence-corrected chi connectivity index (χ4v) is 2.62. The van der Waals surface area contributed by atoms with Gasteiger partial charge in [0.1, 0.15) is 5.75 Å². The van der Waals surface area contributed by atoms with Crippen LogP contribution in [-0.2, 0) is 17.6 Å². The summed E-state index contributed by atoms with van der Waals surface area (Å²) in [6.45, 7) is 0. The predicted molar refractivity (Wildman–Crippen MR) is 82.8 cm³/mol. The van der Waals surface area contributed by atoms with Gasteiger partial charge in [-0.3, -0.25) is 4.98 Å². The third kappa shape index (κ3) is 3.45. The van der Waals surface area contributed by atoms with Gasteiger partial charge in [0, 0.05) is 24.5 Å². The molecule has 0 saturated carbocycles. The molecule has 0 fully saturated rings. The van der Waals surface area contributed by atoms with Crippen molar-refractivity contribution in [2.24, 2.45) is 0 Å². The molecule has 5 heteroatoms. The predicted octanol–water partition coefficient (Wildman–Crippen LogP) is 0.941. The minimum absolute atomic E-state index is 0.176. The fraction of sp³-hybridized carbons (Fsp3) is 0.167. The zero-order valence-electron chi connectivity index (χ0n) is 12.7. The van der Waals surface area contributed by atoms with Crippen molar-refractivity contribution < 1.29 is 19.6 Å². The molecule has 5 nitrogen and oxygen atoms in total. The van der Waals surface area contributed by atoms with Crippen molar-refractivity contribution in [1.29, 1.82) is 0 Å². The van der Waals surface area contributed by atoms with E-state index >= 15 is 0 Å². The molecule has 1 N–H and O–H groups in total. The van der Waals surface area contributed by atoms with Crippen LogP contribution in [0.5, 0.6) is 5.75 Å². The van der Waals surface area contributed by atoms with Crippen molar-refractivity contribution in [3.8, 4) is 5.75 Å². The lowest BCUT2D eigenvalue weighted by Crippen LogP contribution is -2.28. The lowest BCUT2D eigenvalue weighted by atomic mass is 10.0. The molecule has 0 atom stereocenters. The van der Waals surface area contributed by atoms with E-state index < -0.39 is 5.97 Å². The topological polar surface area (TPSA) is 76.4 Å². The maximum atomic E-state index is 10.8. The highest BCUT2D eigenvalue weighted by molar-refractivity contribution is 5.83. The highest BCUT2D eigenvalue weighted by Crippen LogP contribution is 2.25. The molecule has 0 amide bonds. The van der Waals surface area contributed by atoms with Crippen LogP contribution in [0.3, 0.4) is 0 Å². The van der Waals surface area contributed by atoms with Gasteiger partial charge in [-0.2, -0.15) is 0 Å². The van der Waals surface area contributed by atoms with Crippen LogP contribution in [0.15, 0.2) is 48.8 Å². The summed E-state index contributed by atoms with van der Waals surface area (Å²) in [5.41, 5.74) is 3.70. The molecule has 23 heavy (non-hydrogen) atoms. The number of nitrogens with zero attached hydrogens (tertiary/aromatic N) is 1. The highest BCUT2D eigenvalue weighted by Gasteiger charge is 2.13. The number of aliphatic carboxylic acids is 1. The lowest BCUT2D eigenvalue weighted by Gasteiger charge is -2.07. The summed E-state index contributed by atoms with van der Waals surface area (Å²) in [6.07, 6.45) is 4.17. The first-order valence-electron chi connectivity index (χ1n) is 7.26. The monoisotopic (exact) mass is 308 g/mol. The number of carboxylic acids is 1. The summed E-state index contributed by atoms with van der Waals surface area (Å²) >= 11 is 0. The number of benzene rings is 1. The smallest absolute Gasteiger partial charge is 0.214 e. The van der Waals surface area contributed by atoms with E-state index in [1.54, 1.807) is 25.6 Å². The van der Waals surface area contributed by atoms with Crippen LogP contribution < -0.4 is 14.8 Å². The molecule has 3 rings (SSSR count). The molecular formula is C18H16N2O3. The van der Waals surface area contributed by atoms with Crippen LogP contribution in [0, 0.1) is 0 Å². The van der Waals surface area contributed by atoms with Gasteiger partial charge in [-0.05, 0) is 35.7 Å². The lowest BCUT2D eigenvalue weighted by molar-refractivity contribution is -0.362. The van der Waals surface area contributed by atoms with Crippen LogP contribution in [0.4, 0.5) is 0 Å². The Kier molecular flexibility index (Phi) is 4.19. The molecule has 0 aliphatic heterocycles. The molecule has 1 aromatic carbocycles. The summed E-state index contributed by atoms with van der Waals surface area (Å²) < 4.78 is 5.41. The Morgan fingerprint density at radius 2 is 1.96 bits per heavy atom. The Labute approximate surface area is 133 Å². The molecule has 3 aromatic rings. The first-order valence-corrected chi connectivity index (χ1v) is 7.26. The normalized spacial score (nSPS) is 10.7. The van der Waals surface area contributed by atoms with E-state index in [2.05, 4.69) is 9.97 Å². The Bertz CT molecular complexity index is 848. The van der Waals surface area contributed by atoms with Crippen LogP contribution in [0.2, 0.25) is 0 Å². The van der Waals surface area contributed by atoms with E-state index in [4.69, 9.17) is 4.74 Å². The van der Waals surface area contributed by atoms with Crippen LogP contribution >= 0.6 is 0 Å². The summed E-state index contributed by atoms with van der Waals surface area (Å²) in [6, 6.07) is 11.7. The van der Waals surface area contributed by atoms with Gasteiger partial charge >= 0.3 is 0 Å². The fourth-order valence-electron chi connectivity index (χ4n) is 2.62. The summed E-state index contributed by atoms with van der Waals surface area (Å²) in [7, 11) is 1.58. The number of ether oxygens (including phenoxy) is 1. The SMILES string of the molecule is COc1cc(CC(=O)[O-])[nH+]c2ccc(Cc3ccncc3)cc12. The number of aromatic amines is 1. The van der Waals surface area contributed by atoms with E-state index in [1.165, 1.54) is 5.56 Å². The van der Waals surface area contributed by atoms with Crippen LogP contribution in [-0.4, -0.2) is 18.1 Å². The zero-order chi connectivity index (χ0) is 16.2. The first kappa shape index (κ1) is 15.0. The molecule has 0 unspecified atom stereocenters. The van der Waals surface area contributed by atoms with Crippen molar-refractivity contribution in [2.75, 3.05) is 7.11 Å². The van der Waals surface area contributed by atoms with Crippen molar-refractivity contribution in [1.82, 2.24) is 4.98 Å². The molecule has 0 bridgehead atoms. The second kappa shape index (κ2) is 6.44. The van der Waals surface area contributed by atoms with E-state index in [9.17, 15) is 9.90 Å². The number of H-pyrrole nitrogens is 1. The number of carbonyl (C=O) groups is 1. The Hall–Kier alpha value is -2.95. The van der Waals surface area contributed by atoms with Crippen molar-refractivity contribution >= 4 is 16.9 Å². The van der Waals surface area contributed by atoms with E-state index in [1.807, 2.05) is 30.3 Å². The minimum atomic E-state index is -1.13. The molecule has 0 aliphatic carbocycles. The van der Waals surface area contributed by atoms with Gasteiger partial charge in [-0.25, -0.2) is 4.98 Å². The summed E-state index contributed by atoms with van der Waals surface area (Å²) in [5, 5.41) is 11.7. The van der Waals surface area contributed by atoms with Gasteiger partial charge in [-0.15, -0.1) is 0 Å². The second-order valence-electron chi connectivity index (χ2n) is 5.32. The molecular weight excluding hydrogens is 292 g/mol. The van der Waals surface area contributed by atoms with Gasteiger partial charge < -0.3 is 14.6 Å². The standard InChI is InChI=1S/C18H16N2O3/c1-23-17-10-14(11-18(21)22)20-16-3-2-13(9-15(16)17)8-12-4-6-19-7-5-12/h2-7,9-10H,8,11H2,1H3,(H,21,22). The van der Waals surface area contributed by atoms with Gasteiger partial charge in [0.05, 0.1) is 24.9 Å². The van der Waals surface area contributed by atoms with Crippen molar-refractivity contribution in [3.05, 3.63) is 65.6 Å². The minimum Gasteiger partial charge on any atom is -0.550 e. The Morgan fingerprint density at radius 1 is 1.17 bits per heavy atom. The number of fused-ring (bicyclic) bond motifs is 1. The molecule has 116 valence electrons.